The van der Waals surface area contributed by atoms with Crippen LogP contribution in [0.4, 0.5) is 10.5 Å². The zero-order valence-corrected chi connectivity index (χ0v) is 12.0. The maximum Gasteiger partial charge on any atom is 0.337 e. The SMILES string of the molecule is CC1(C)CC(NC(=O)Nc2cncc(C(=O)O)c2)CCO1. The van der Waals surface area contributed by atoms with Crippen LogP contribution in [-0.2, 0) is 4.74 Å². The van der Waals surface area contributed by atoms with Gasteiger partial charge in [0.25, 0.3) is 0 Å². The molecule has 1 unspecified atom stereocenters. The number of carbonyl (C=O) groups excluding carboxylic acids is 1. The molecule has 114 valence electrons. The Bertz CT molecular complexity index is 545. The van der Waals surface area contributed by atoms with E-state index in [0.29, 0.717) is 12.3 Å². The van der Waals surface area contributed by atoms with Crippen molar-refractivity contribution in [3.8, 4) is 0 Å². The van der Waals surface area contributed by atoms with E-state index >= 15 is 0 Å². The molecular weight excluding hydrogens is 274 g/mol. The number of carboxylic acids is 1. The Kier molecular flexibility index (Phi) is 4.42. The van der Waals surface area contributed by atoms with E-state index < -0.39 is 5.97 Å². The fourth-order valence-corrected chi connectivity index (χ4v) is 2.33. The second-order valence-corrected chi connectivity index (χ2v) is 5.66. The number of carbonyl (C=O) groups is 2. The summed E-state index contributed by atoms with van der Waals surface area (Å²) < 4.78 is 5.59. The van der Waals surface area contributed by atoms with Crippen molar-refractivity contribution in [1.29, 1.82) is 0 Å². The van der Waals surface area contributed by atoms with Crippen LogP contribution in [0.15, 0.2) is 18.5 Å². The van der Waals surface area contributed by atoms with Crippen molar-refractivity contribution in [1.82, 2.24) is 10.3 Å². The molecule has 1 aromatic rings. The van der Waals surface area contributed by atoms with Gasteiger partial charge >= 0.3 is 12.0 Å². The smallest absolute Gasteiger partial charge is 0.337 e. The molecule has 2 amide bonds. The predicted molar refractivity (Wildman–Crippen MR) is 76.4 cm³/mol. The maximum atomic E-state index is 11.9. The highest BCUT2D eigenvalue weighted by molar-refractivity contribution is 5.92. The number of anilines is 1. The normalized spacial score (nSPS) is 20.6. The van der Waals surface area contributed by atoms with Gasteiger partial charge < -0.3 is 20.5 Å². The van der Waals surface area contributed by atoms with Gasteiger partial charge in [-0.25, -0.2) is 9.59 Å². The summed E-state index contributed by atoms with van der Waals surface area (Å²) in [7, 11) is 0. The highest BCUT2D eigenvalue weighted by Gasteiger charge is 2.29. The van der Waals surface area contributed by atoms with E-state index in [1.54, 1.807) is 0 Å². The van der Waals surface area contributed by atoms with Crippen molar-refractivity contribution >= 4 is 17.7 Å². The molecule has 2 rings (SSSR count). The van der Waals surface area contributed by atoms with Crippen molar-refractivity contribution in [2.24, 2.45) is 0 Å². The number of carboxylic acid groups (broad SMARTS) is 1. The maximum absolute atomic E-state index is 11.9. The number of hydrogen-bond donors (Lipinski definition) is 3. The second kappa shape index (κ2) is 6.09. The molecule has 0 aliphatic carbocycles. The summed E-state index contributed by atoms with van der Waals surface area (Å²) in [6, 6.07) is 1.02. The molecule has 1 aliphatic rings. The fraction of sp³-hybridized carbons (Fsp3) is 0.500. The molecule has 1 fully saturated rings. The van der Waals surface area contributed by atoms with Gasteiger partial charge in [-0.3, -0.25) is 4.98 Å². The van der Waals surface area contributed by atoms with Gasteiger partial charge in [-0.15, -0.1) is 0 Å². The Morgan fingerprint density at radius 3 is 2.86 bits per heavy atom. The van der Waals surface area contributed by atoms with Crippen LogP contribution >= 0.6 is 0 Å². The van der Waals surface area contributed by atoms with Crippen molar-refractivity contribution in [3.63, 3.8) is 0 Å². The molecule has 7 heteroatoms. The molecule has 1 aliphatic heterocycles. The van der Waals surface area contributed by atoms with Crippen LogP contribution in [0.2, 0.25) is 0 Å². The van der Waals surface area contributed by atoms with Crippen LogP contribution in [0.25, 0.3) is 0 Å². The molecule has 21 heavy (non-hydrogen) atoms. The first-order valence-corrected chi connectivity index (χ1v) is 6.75. The number of nitrogens with zero attached hydrogens (tertiary/aromatic N) is 1. The first-order valence-electron chi connectivity index (χ1n) is 6.75. The number of ether oxygens (including phenoxy) is 1. The van der Waals surface area contributed by atoms with E-state index in [-0.39, 0.29) is 23.2 Å². The fourth-order valence-electron chi connectivity index (χ4n) is 2.33. The van der Waals surface area contributed by atoms with E-state index in [2.05, 4.69) is 15.6 Å². The quantitative estimate of drug-likeness (QED) is 0.789. The van der Waals surface area contributed by atoms with Crippen molar-refractivity contribution in [2.75, 3.05) is 11.9 Å². The number of aromatic nitrogens is 1. The number of pyridine rings is 1. The van der Waals surface area contributed by atoms with Gasteiger partial charge in [-0.2, -0.15) is 0 Å². The lowest BCUT2D eigenvalue weighted by Gasteiger charge is -2.35. The Morgan fingerprint density at radius 1 is 1.43 bits per heavy atom. The Morgan fingerprint density at radius 2 is 2.19 bits per heavy atom. The minimum Gasteiger partial charge on any atom is -0.478 e. The van der Waals surface area contributed by atoms with Gasteiger partial charge in [0.15, 0.2) is 0 Å². The second-order valence-electron chi connectivity index (χ2n) is 5.66. The molecule has 0 saturated carbocycles. The van der Waals surface area contributed by atoms with Crippen molar-refractivity contribution in [3.05, 3.63) is 24.0 Å². The molecule has 0 spiro atoms. The first-order chi connectivity index (χ1) is 9.85. The summed E-state index contributed by atoms with van der Waals surface area (Å²) in [6.07, 6.45) is 4.12. The molecule has 1 aromatic heterocycles. The molecule has 1 saturated heterocycles. The van der Waals surface area contributed by atoms with E-state index in [9.17, 15) is 9.59 Å². The average molecular weight is 293 g/mol. The summed E-state index contributed by atoms with van der Waals surface area (Å²) in [5, 5.41) is 14.3. The van der Waals surface area contributed by atoms with E-state index in [4.69, 9.17) is 9.84 Å². The number of nitrogens with one attached hydrogen (secondary N) is 2. The lowest BCUT2D eigenvalue weighted by atomic mass is 9.94. The number of aromatic carboxylic acids is 1. The molecule has 0 radical (unpaired) electrons. The standard InChI is InChI=1S/C14H19N3O4/c1-14(2)6-10(3-4-21-14)16-13(20)17-11-5-9(12(18)19)7-15-8-11/h5,7-8,10H,3-4,6H2,1-2H3,(H,18,19)(H2,16,17,20). The number of amides is 2. The van der Waals surface area contributed by atoms with Gasteiger partial charge in [-0.05, 0) is 32.8 Å². The number of urea groups is 1. The minimum atomic E-state index is -1.09. The van der Waals surface area contributed by atoms with Crippen LogP contribution < -0.4 is 10.6 Å². The largest absolute Gasteiger partial charge is 0.478 e. The lowest BCUT2D eigenvalue weighted by Crippen LogP contribution is -2.47. The monoisotopic (exact) mass is 293 g/mol. The van der Waals surface area contributed by atoms with Gasteiger partial charge in [0.1, 0.15) is 0 Å². The summed E-state index contributed by atoms with van der Waals surface area (Å²) in [5.41, 5.74) is 0.125. The molecule has 0 aromatic carbocycles. The zero-order chi connectivity index (χ0) is 15.5. The molecule has 1 atom stereocenters. The van der Waals surface area contributed by atoms with Gasteiger partial charge in [0.05, 0.1) is 23.0 Å². The van der Waals surface area contributed by atoms with Crippen molar-refractivity contribution < 1.29 is 19.4 Å². The van der Waals surface area contributed by atoms with Crippen LogP contribution in [0.3, 0.4) is 0 Å². The van der Waals surface area contributed by atoms with E-state index in [1.807, 2.05) is 13.8 Å². The topological polar surface area (TPSA) is 101 Å². The Balaban J connectivity index is 1.92. The van der Waals surface area contributed by atoms with E-state index in [0.717, 1.165) is 12.8 Å². The van der Waals surface area contributed by atoms with Crippen LogP contribution in [0, 0.1) is 0 Å². The molecule has 0 bridgehead atoms. The molecular formula is C14H19N3O4. The number of hydrogen-bond acceptors (Lipinski definition) is 4. The third-order valence-corrected chi connectivity index (χ3v) is 3.28. The summed E-state index contributed by atoms with van der Waals surface area (Å²) in [4.78, 5) is 26.6. The van der Waals surface area contributed by atoms with Gasteiger partial charge in [-0.1, -0.05) is 0 Å². The first kappa shape index (κ1) is 15.2. The Labute approximate surface area is 122 Å². The zero-order valence-electron chi connectivity index (χ0n) is 12.0. The average Bonchev–Trinajstić information content (AvgIpc) is 2.37. The molecule has 2 heterocycles. The predicted octanol–water partition coefficient (Wildman–Crippen LogP) is 1.86. The van der Waals surface area contributed by atoms with Crippen LogP contribution in [0.1, 0.15) is 37.0 Å². The lowest BCUT2D eigenvalue weighted by molar-refractivity contribution is -0.0609. The summed E-state index contributed by atoms with van der Waals surface area (Å²) in [6.45, 7) is 4.58. The molecule has 7 nitrogen and oxygen atoms in total. The third kappa shape index (κ3) is 4.42. The van der Waals surface area contributed by atoms with Crippen molar-refractivity contribution in [2.45, 2.75) is 38.3 Å². The van der Waals surface area contributed by atoms with Gasteiger partial charge in [0.2, 0.25) is 0 Å². The summed E-state index contributed by atoms with van der Waals surface area (Å²) >= 11 is 0. The highest BCUT2D eigenvalue weighted by Crippen LogP contribution is 2.23. The van der Waals surface area contributed by atoms with E-state index in [1.165, 1.54) is 18.5 Å². The molecule has 3 N–H and O–H groups in total. The van der Waals surface area contributed by atoms with Crippen LogP contribution in [-0.4, -0.2) is 40.3 Å². The van der Waals surface area contributed by atoms with Gasteiger partial charge in [0, 0.05) is 18.8 Å². The number of rotatable bonds is 3. The van der Waals surface area contributed by atoms with Crippen LogP contribution in [0.5, 0.6) is 0 Å². The third-order valence-electron chi connectivity index (χ3n) is 3.28. The Hall–Kier alpha value is -2.15. The summed E-state index contributed by atoms with van der Waals surface area (Å²) in [5.74, 6) is -1.09. The minimum absolute atomic E-state index is 0.0278. The highest BCUT2D eigenvalue weighted by atomic mass is 16.5.